The number of carboxylic acid groups (broad SMARTS) is 1. The molecule has 5 aromatic rings. The van der Waals surface area contributed by atoms with Crippen molar-refractivity contribution >= 4 is 39.1 Å². The van der Waals surface area contributed by atoms with Gasteiger partial charge >= 0.3 is 5.97 Å². The summed E-state index contributed by atoms with van der Waals surface area (Å²) < 4.78 is 14.6. The third-order valence-corrected chi connectivity index (χ3v) is 8.80. The first-order chi connectivity index (χ1) is 20.9. The first-order valence-electron chi connectivity index (χ1n) is 14.2. The van der Waals surface area contributed by atoms with Gasteiger partial charge in [0.25, 0.3) is 0 Å². The van der Waals surface area contributed by atoms with Crippen molar-refractivity contribution in [3.8, 4) is 28.1 Å². The summed E-state index contributed by atoms with van der Waals surface area (Å²) in [4.78, 5) is 29.1. The molecule has 3 aromatic carbocycles. The number of anilines is 1. The topological polar surface area (TPSA) is 84.2 Å². The van der Waals surface area contributed by atoms with Crippen LogP contribution in [0, 0.1) is 0 Å². The number of likely N-dealkylation sites (N-methyl/N-ethyl adjacent to an activating group) is 1. The number of benzene rings is 3. The van der Waals surface area contributed by atoms with E-state index in [1.807, 2.05) is 71.3 Å². The number of rotatable bonds is 9. The summed E-state index contributed by atoms with van der Waals surface area (Å²) in [7, 11) is 3.45. The molecule has 0 atom stereocenters. The molecule has 1 N–H and O–H groups in total. The van der Waals surface area contributed by atoms with E-state index in [1.165, 1.54) is 17.0 Å². The summed E-state index contributed by atoms with van der Waals surface area (Å²) in [6.45, 7) is 3.67. The van der Waals surface area contributed by atoms with Crippen LogP contribution in [0.3, 0.4) is 0 Å². The number of nitrogens with zero attached hydrogens (tertiary/aromatic N) is 3. The molecule has 1 aliphatic rings. The second-order valence-corrected chi connectivity index (χ2v) is 11.7. The third-order valence-electron chi connectivity index (χ3n) is 7.67. The van der Waals surface area contributed by atoms with Gasteiger partial charge in [0.05, 0.1) is 29.1 Å². The third kappa shape index (κ3) is 5.86. The van der Waals surface area contributed by atoms with E-state index in [4.69, 9.17) is 9.47 Å². The van der Waals surface area contributed by atoms with Gasteiger partial charge in [-0.15, -0.1) is 11.3 Å². The first-order valence-corrected chi connectivity index (χ1v) is 15.0. The molecule has 220 valence electrons. The lowest BCUT2D eigenvalue weighted by molar-refractivity contribution is -0.129. The molecule has 8 nitrogen and oxygen atoms in total. The zero-order chi connectivity index (χ0) is 29.9. The molecular weight excluding hydrogens is 562 g/mol. The molecule has 0 radical (unpaired) electrons. The number of fused-ring (bicyclic) bond motifs is 1. The van der Waals surface area contributed by atoms with Crippen molar-refractivity contribution in [2.45, 2.75) is 13.2 Å². The van der Waals surface area contributed by atoms with Gasteiger partial charge in [0, 0.05) is 44.0 Å². The predicted octanol–water partition coefficient (Wildman–Crippen LogP) is 6.24. The standard InChI is InChI=1S/C34H33N3O5S/c1-35(2)30(38)21-37-28-20-29(34(39)40)43-33(28)31(23-8-4-3-5-9-23)32(37)24-12-14-26(15-13-24)42-22-25-10-6-7-11-27(25)36-16-18-41-19-17-36/h3-15,20H,16-19,21-22H2,1-2H3,(H,39,40). The number of hydrogen-bond acceptors (Lipinski definition) is 6. The largest absolute Gasteiger partial charge is 0.489 e. The number of ether oxygens (including phenoxy) is 2. The van der Waals surface area contributed by atoms with Gasteiger partial charge in [-0.1, -0.05) is 48.5 Å². The molecule has 0 unspecified atom stereocenters. The zero-order valence-electron chi connectivity index (χ0n) is 24.2. The van der Waals surface area contributed by atoms with Crippen LogP contribution in [0.5, 0.6) is 5.75 Å². The van der Waals surface area contributed by atoms with E-state index in [1.54, 1.807) is 25.1 Å². The van der Waals surface area contributed by atoms with Crippen LogP contribution in [-0.4, -0.2) is 66.8 Å². The Hall–Kier alpha value is -4.60. The number of amides is 1. The Bertz CT molecular complexity index is 1750. The highest BCUT2D eigenvalue weighted by molar-refractivity contribution is 7.21. The Balaban J connectivity index is 1.37. The van der Waals surface area contributed by atoms with Gasteiger partial charge < -0.3 is 28.9 Å². The fraction of sp³-hybridized carbons (Fsp3) is 0.235. The Morgan fingerprint density at radius 2 is 1.63 bits per heavy atom. The zero-order valence-corrected chi connectivity index (χ0v) is 25.0. The van der Waals surface area contributed by atoms with Crippen molar-refractivity contribution < 1.29 is 24.2 Å². The minimum Gasteiger partial charge on any atom is -0.489 e. The van der Waals surface area contributed by atoms with Crippen molar-refractivity contribution in [2.24, 2.45) is 0 Å². The molecule has 6 rings (SSSR count). The molecule has 0 aliphatic carbocycles. The number of carboxylic acids is 1. The van der Waals surface area contributed by atoms with E-state index in [0.29, 0.717) is 6.61 Å². The maximum atomic E-state index is 13.0. The van der Waals surface area contributed by atoms with Crippen molar-refractivity contribution in [3.63, 3.8) is 0 Å². The van der Waals surface area contributed by atoms with E-state index in [0.717, 1.165) is 70.2 Å². The maximum absolute atomic E-state index is 13.0. The Morgan fingerprint density at radius 1 is 0.930 bits per heavy atom. The van der Waals surface area contributed by atoms with Crippen molar-refractivity contribution in [1.29, 1.82) is 0 Å². The minimum absolute atomic E-state index is 0.0814. The van der Waals surface area contributed by atoms with Gasteiger partial charge in [-0.2, -0.15) is 0 Å². The van der Waals surface area contributed by atoms with Crippen LogP contribution < -0.4 is 9.64 Å². The van der Waals surface area contributed by atoms with Crippen molar-refractivity contribution in [2.75, 3.05) is 45.3 Å². The maximum Gasteiger partial charge on any atom is 0.345 e. The molecule has 3 heterocycles. The van der Waals surface area contributed by atoms with Gasteiger partial charge in [-0.3, -0.25) is 4.79 Å². The summed E-state index contributed by atoms with van der Waals surface area (Å²) in [6.07, 6.45) is 0. The van der Waals surface area contributed by atoms with Crippen LogP contribution in [0.25, 0.3) is 32.6 Å². The first kappa shape index (κ1) is 28.5. The second kappa shape index (κ2) is 12.3. The summed E-state index contributed by atoms with van der Waals surface area (Å²) in [5.74, 6) is -0.331. The molecule has 43 heavy (non-hydrogen) atoms. The highest BCUT2D eigenvalue weighted by atomic mass is 32.1. The summed E-state index contributed by atoms with van der Waals surface area (Å²) in [6, 6.07) is 27.8. The number of aromatic nitrogens is 1. The van der Waals surface area contributed by atoms with Crippen molar-refractivity contribution in [3.05, 3.63) is 95.4 Å². The normalized spacial score (nSPS) is 13.3. The Kier molecular flexibility index (Phi) is 8.18. The number of aromatic carboxylic acids is 1. The molecule has 0 saturated carbocycles. The van der Waals surface area contributed by atoms with Crippen LogP contribution in [-0.2, 0) is 22.7 Å². The highest BCUT2D eigenvalue weighted by Crippen LogP contribution is 2.45. The number of para-hydroxylation sites is 1. The van der Waals surface area contributed by atoms with Crippen LogP contribution in [0.15, 0.2) is 84.9 Å². The molecule has 0 spiro atoms. The van der Waals surface area contributed by atoms with E-state index in [-0.39, 0.29) is 17.3 Å². The molecule has 9 heteroatoms. The number of carbonyl (C=O) groups is 2. The molecule has 0 bridgehead atoms. The summed E-state index contributed by atoms with van der Waals surface area (Å²) in [5.41, 5.74) is 6.65. The van der Waals surface area contributed by atoms with Crippen LogP contribution in [0.4, 0.5) is 5.69 Å². The van der Waals surface area contributed by atoms with E-state index in [9.17, 15) is 14.7 Å². The van der Waals surface area contributed by atoms with Gasteiger partial charge in [-0.05, 0) is 47.5 Å². The van der Waals surface area contributed by atoms with Gasteiger partial charge in [0.1, 0.15) is 23.8 Å². The highest BCUT2D eigenvalue weighted by Gasteiger charge is 2.25. The molecule has 1 saturated heterocycles. The van der Waals surface area contributed by atoms with E-state index in [2.05, 4.69) is 17.0 Å². The van der Waals surface area contributed by atoms with Gasteiger partial charge in [-0.25, -0.2) is 4.79 Å². The number of hydrogen-bond donors (Lipinski definition) is 1. The number of carbonyl (C=O) groups excluding carboxylic acids is 1. The fourth-order valence-electron chi connectivity index (χ4n) is 5.46. The minimum atomic E-state index is -0.982. The lowest BCUT2D eigenvalue weighted by Crippen LogP contribution is -2.36. The Labute approximate surface area is 254 Å². The number of morpholine rings is 1. The number of thiophene rings is 1. The molecule has 1 aliphatic heterocycles. The van der Waals surface area contributed by atoms with Gasteiger partial charge in [0.2, 0.25) is 5.91 Å². The van der Waals surface area contributed by atoms with E-state index < -0.39 is 5.97 Å². The lowest BCUT2D eigenvalue weighted by Gasteiger charge is -2.30. The van der Waals surface area contributed by atoms with Gasteiger partial charge in [0.15, 0.2) is 0 Å². The smallest absolute Gasteiger partial charge is 0.345 e. The average Bonchev–Trinajstić information content (AvgIpc) is 3.59. The molecule has 1 amide bonds. The van der Waals surface area contributed by atoms with Crippen molar-refractivity contribution in [1.82, 2.24) is 9.47 Å². The monoisotopic (exact) mass is 595 g/mol. The SMILES string of the molecule is CN(C)C(=O)Cn1c(-c2ccc(OCc3ccccc3N3CCOCC3)cc2)c(-c2ccccc2)c2sc(C(=O)O)cc21. The summed E-state index contributed by atoms with van der Waals surface area (Å²) >= 11 is 1.23. The van der Waals surface area contributed by atoms with Crippen LogP contribution >= 0.6 is 11.3 Å². The van der Waals surface area contributed by atoms with Crippen LogP contribution in [0.1, 0.15) is 15.2 Å². The van der Waals surface area contributed by atoms with Crippen LogP contribution in [0.2, 0.25) is 0 Å². The summed E-state index contributed by atoms with van der Waals surface area (Å²) in [5, 5.41) is 9.77. The molecule has 1 fully saturated rings. The Morgan fingerprint density at radius 3 is 2.33 bits per heavy atom. The predicted molar refractivity (Wildman–Crippen MR) is 170 cm³/mol. The quantitative estimate of drug-likeness (QED) is 0.217. The second-order valence-electron chi connectivity index (χ2n) is 10.6. The molecule has 2 aromatic heterocycles. The fourth-order valence-corrected chi connectivity index (χ4v) is 6.53. The molecular formula is C34H33N3O5S. The average molecular weight is 596 g/mol. The lowest BCUT2D eigenvalue weighted by atomic mass is 10.0. The van der Waals surface area contributed by atoms with E-state index >= 15 is 0 Å².